The highest BCUT2D eigenvalue weighted by Crippen LogP contribution is 2.72. The Kier molecular flexibility index (Phi) is 16.3. The number of ketones is 2. The van der Waals surface area contributed by atoms with Crippen LogP contribution in [0.3, 0.4) is 0 Å². The van der Waals surface area contributed by atoms with Crippen molar-refractivity contribution in [2.45, 2.75) is 126 Å². The zero-order valence-electron chi connectivity index (χ0n) is 35.6. The minimum atomic E-state index is -1.32. The van der Waals surface area contributed by atoms with Gasteiger partial charge in [-0.3, -0.25) is 33.8 Å². The van der Waals surface area contributed by atoms with E-state index >= 15 is 0 Å². The Bertz CT molecular complexity index is 1650. The number of aliphatic imine (C=N–C) groups is 1. The molecule has 0 spiro atoms. The highest BCUT2D eigenvalue weighted by atomic mass is 16.2. The lowest BCUT2D eigenvalue weighted by atomic mass is 9.79. The molecule has 4 amide bonds. The molecule has 7 unspecified atom stereocenters. The van der Waals surface area contributed by atoms with Gasteiger partial charge in [-0.1, -0.05) is 85.7 Å². The molecule has 1 aliphatic heterocycles. The van der Waals surface area contributed by atoms with Gasteiger partial charge in [0.05, 0.1) is 11.8 Å². The zero-order valence-corrected chi connectivity index (χ0v) is 35.6. The molecule has 12 nitrogen and oxygen atoms in total. The Hall–Kier alpha value is -4.19. The normalized spacial score (nSPS) is 24.9. The molecule has 310 valence electrons. The number of nitrogens with one attached hydrogen (secondary N) is 4. The van der Waals surface area contributed by atoms with E-state index in [1.165, 1.54) is 20.2 Å². The Labute approximate surface area is 334 Å². The maximum Gasteiger partial charge on any atom is 0.244 e. The summed E-state index contributed by atoms with van der Waals surface area (Å²) in [5.74, 6) is -2.78. The van der Waals surface area contributed by atoms with E-state index in [1.54, 1.807) is 0 Å². The molecular formula is C44H68N6O6. The molecule has 2 saturated carbocycles. The highest BCUT2D eigenvalue weighted by molar-refractivity contribution is 6.65. The quantitative estimate of drug-likeness (QED) is 0.109. The first-order valence-electron chi connectivity index (χ1n) is 20.4. The number of hydrogen-bond acceptors (Lipinski definition) is 8. The number of fused-ring (bicyclic) bond motifs is 1. The van der Waals surface area contributed by atoms with Crippen LogP contribution in [0.2, 0.25) is 0 Å². The average molecular weight is 777 g/mol. The molecule has 6 N–H and O–H groups in total. The van der Waals surface area contributed by atoms with Gasteiger partial charge in [0.2, 0.25) is 35.2 Å². The molecule has 0 bridgehead atoms. The first-order chi connectivity index (χ1) is 26.3. The zero-order chi connectivity index (χ0) is 42.1. The molecule has 3 aliphatic rings. The molecule has 4 rings (SSSR count). The lowest BCUT2D eigenvalue weighted by molar-refractivity contribution is -0.138. The molecule has 1 heterocycles. The Morgan fingerprint density at radius 3 is 2.11 bits per heavy atom. The third-order valence-electron chi connectivity index (χ3n) is 12.0. The summed E-state index contributed by atoms with van der Waals surface area (Å²) in [6.45, 7) is 19.8. The number of nitrogens with zero attached hydrogens (tertiary/aromatic N) is 1. The Balaban J connectivity index is 0.00000414. The molecule has 1 aromatic rings. The van der Waals surface area contributed by atoms with Gasteiger partial charge >= 0.3 is 0 Å². The second kappa shape index (κ2) is 19.8. The van der Waals surface area contributed by atoms with Crippen molar-refractivity contribution < 1.29 is 28.8 Å². The van der Waals surface area contributed by atoms with Crippen LogP contribution in [0.15, 0.2) is 41.5 Å². The van der Waals surface area contributed by atoms with E-state index in [0.29, 0.717) is 30.7 Å². The number of carbonyl (C=O) groups is 6. The van der Waals surface area contributed by atoms with E-state index < -0.39 is 52.8 Å². The van der Waals surface area contributed by atoms with Gasteiger partial charge in [-0.05, 0) is 105 Å². The molecule has 12 heteroatoms. The predicted octanol–water partition coefficient (Wildman–Crippen LogP) is 5.00. The van der Waals surface area contributed by atoms with Gasteiger partial charge in [-0.2, -0.15) is 0 Å². The van der Waals surface area contributed by atoms with Crippen LogP contribution in [0.1, 0.15) is 113 Å². The van der Waals surface area contributed by atoms with E-state index in [9.17, 15) is 28.8 Å². The van der Waals surface area contributed by atoms with Crippen molar-refractivity contribution in [3.8, 4) is 0 Å². The lowest BCUT2D eigenvalue weighted by Crippen LogP contribution is -2.60. The number of benzene rings is 1. The Morgan fingerprint density at radius 1 is 0.964 bits per heavy atom. The number of nitrogens with two attached hydrogens (primary N) is 1. The molecule has 1 saturated heterocycles. The molecule has 8 atom stereocenters. The number of amides is 4. The van der Waals surface area contributed by atoms with Gasteiger partial charge in [0.25, 0.3) is 0 Å². The second-order valence-corrected chi connectivity index (χ2v) is 17.7. The van der Waals surface area contributed by atoms with Crippen molar-refractivity contribution >= 4 is 46.5 Å². The fraction of sp³-hybridized carbons (Fsp3) is 0.659. The van der Waals surface area contributed by atoms with Gasteiger partial charge in [-0.25, -0.2) is 0 Å². The third kappa shape index (κ3) is 11.2. The van der Waals surface area contributed by atoms with E-state index in [0.717, 1.165) is 30.4 Å². The van der Waals surface area contributed by atoms with Gasteiger partial charge < -0.3 is 27.0 Å². The number of Topliss-reactive ketones (excluding diaryl/α,β-unsaturated/α-hetero) is 2. The largest absolute Gasteiger partial charge is 0.356 e. The van der Waals surface area contributed by atoms with Crippen molar-refractivity contribution in [1.82, 2.24) is 21.3 Å². The SMILES string of the molecule is CCC12CC1C(C(=O)N[C@H](C(=O)NC(CC(C)C)C(=O)NC(CC1CCNC1=O)C(=O)C(=O)C(C)=N/C=C(\C)c1ccccc1)C(C)(C)C)CC2C(C)C.CN. The molecule has 56 heavy (non-hydrogen) atoms. The Morgan fingerprint density at radius 2 is 1.59 bits per heavy atom. The number of carbonyl (C=O) groups excluding carboxylic acids is 6. The summed E-state index contributed by atoms with van der Waals surface area (Å²) in [5, 5.41) is 11.5. The molecular weight excluding hydrogens is 709 g/mol. The maximum atomic E-state index is 14.1. The topological polar surface area (TPSA) is 189 Å². The van der Waals surface area contributed by atoms with Crippen molar-refractivity contribution in [3.63, 3.8) is 0 Å². The fourth-order valence-corrected chi connectivity index (χ4v) is 8.79. The highest BCUT2D eigenvalue weighted by Gasteiger charge is 2.67. The summed E-state index contributed by atoms with van der Waals surface area (Å²) in [7, 11) is 1.50. The van der Waals surface area contributed by atoms with Crippen molar-refractivity contribution in [2.24, 2.45) is 57.1 Å². The van der Waals surface area contributed by atoms with E-state index in [-0.39, 0.29) is 47.6 Å². The molecule has 1 aromatic carbocycles. The van der Waals surface area contributed by atoms with Crippen LogP contribution in [-0.2, 0) is 28.8 Å². The lowest BCUT2D eigenvalue weighted by Gasteiger charge is -2.33. The van der Waals surface area contributed by atoms with Crippen LogP contribution in [0.4, 0.5) is 0 Å². The van der Waals surface area contributed by atoms with Crippen molar-refractivity contribution in [3.05, 3.63) is 42.1 Å². The van der Waals surface area contributed by atoms with Crippen LogP contribution >= 0.6 is 0 Å². The fourth-order valence-electron chi connectivity index (χ4n) is 8.79. The summed E-state index contributed by atoms with van der Waals surface area (Å²) < 4.78 is 0. The first-order valence-corrected chi connectivity index (χ1v) is 20.4. The van der Waals surface area contributed by atoms with Crippen molar-refractivity contribution in [1.29, 1.82) is 0 Å². The molecule has 0 aromatic heterocycles. The van der Waals surface area contributed by atoms with Crippen molar-refractivity contribution in [2.75, 3.05) is 13.6 Å². The number of hydrogen-bond donors (Lipinski definition) is 5. The number of rotatable bonds is 17. The van der Waals surface area contributed by atoms with Gasteiger partial charge in [0.1, 0.15) is 12.1 Å². The molecule has 2 aliphatic carbocycles. The summed E-state index contributed by atoms with van der Waals surface area (Å²) in [6.07, 6.45) is 5.02. The smallest absolute Gasteiger partial charge is 0.244 e. The van der Waals surface area contributed by atoms with Gasteiger partial charge in [0.15, 0.2) is 0 Å². The minimum Gasteiger partial charge on any atom is -0.356 e. The summed E-state index contributed by atoms with van der Waals surface area (Å²) in [5.41, 5.74) is 5.68. The van der Waals surface area contributed by atoms with Crippen LogP contribution in [-0.4, -0.2) is 72.6 Å². The van der Waals surface area contributed by atoms with E-state index in [1.807, 2.05) is 71.9 Å². The first kappa shape index (κ1) is 46.2. The average Bonchev–Trinajstić information content (AvgIpc) is 3.59. The third-order valence-corrected chi connectivity index (χ3v) is 12.0. The van der Waals surface area contributed by atoms with Gasteiger partial charge in [-0.15, -0.1) is 0 Å². The molecule has 0 radical (unpaired) electrons. The maximum absolute atomic E-state index is 14.1. The summed E-state index contributed by atoms with van der Waals surface area (Å²) >= 11 is 0. The van der Waals surface area contributed by atoms with E-state index in [4.69, 9.17) is 0 Å². The monoisotopic (exact) mass is 777 g/mol. The van der Waals surface area contributed by atoms with Gasteiger partial charge in [0, 0.05) is 24.6 Å². The standard InChI is InChI=1S/C43H63N5O6.CH5N/c1-11-43-22-32(43)30(21-31(43)25(4)5)39(52)48-37(42(8,9)10)41(54)47-34(19-24(2)3)40(53)46-33(20-29-17-18-44-38(29)51)36(50)35(49)27(7)45-23-26(6)28-15-13-12-14-16-28;1-2/h12-16,23-25,29-34,37H,11,17-22H2,1-10H3,(H,44,51)(H,46,53)(H,47,54)(H,48,52);2H2,1H3/b26-23+,45-27?;/t29?,30?,31?,32?,33?,34?,37-,43?;/m1./s1. The van der Waals surface area contributed by atoms with Crippen LogP contribution in [0, 0.1) is 46.3 Å². The minimum absolute atomic E-state index is 0.0300. The summed E-state index contributed by atoms with van der Waals surface area (Å²) in [6, 6.07) is 6.18. The molecule has 3 fully saturated rings. The van der Waals surface area contributed by atoms with E-state index in [2.05, 4.69) is 52.8 Å². The number of allylic oxidation sites excluding steroid dienone is 1. The summed E-state index contributed by atoms with van der Waals surface area (Å²) in [4.78, 5) is 86.1. The van der Waals surface area contributed by atoms with Crippen LogP contribution in [0.5, 0.6) is 0 Å². The van der Waals surface area contributed by atoms with Crippen LogP contribution < -0.4 is 27.0 Å². The van der Waals surface area contributed by atoms with Crippen LogP contribution in [0.25, 0.3) is 5.57 Å². The second-order valence-electron chi connectivity index (χ2n) is 17.7. The predicted molar refractivity (Wildman–Crippen MR) is 221 cm³/mol.